The van der Waals surface area contributed by atoms with E-state index in [1.807, 2.05) is 30.3 Å². The van der Waals surface area contributed by atoms with Gasteiger partial charge in [0.2, 0.25) is 0 Å². The van der Waals surface area contributed by atoms with Crippen LogP contribution in [-0.4, -0.2) is 37.6 Å². The van der Waals surface area contributed by atoms with Crippen LogP contribution in [0.2, 0.25) is 19.6 Å². The Bertz CT molecular complexity index is 442. The van der Waals surface area contributed by atoms with Crippen molar-refractivity contribution in [3.05, 3.63) is 35.9 Å². The zero-order chi connectivity index (χ0) is 15.0. The first-order valence-electron chi connectivity index (χ1n) is 6.85. The third-order valence-corrected chi connectivity index (χ3v) is 3.59. The summed E-state index contributed by atoms with van der Waals surface area (Å²) in [5.41, 5.74) is 4.24. The number of rotatable bonds is 6. The number of hydrogen-bond donors (Lipinski definition) is 2. The number of hydrogen-bond acceptors (Lipinski definition) is 3. The van der Waals surface area contributed by atoms with Crippen molar-refractivity contribution in [2.45, 2.75) is 32.4 Å². The van der Waals surface area contributed by atoms with E-state index >= 15 is 0 Å². The second kappa shape index (κ2) is 8.23. The van der Waals surface area contributed by atoms with Crippen molar-refractivity contribution in [1.29, 1.82) is 0 Å². The molecule has 0 bridgehead atoms. The molecule has 110 valence electrons. The van der Waals surface area contributed by atoms with Gasteiger partial charge in [0.15, 0.2) is 0 Å². The molecule has 0 unspecified atom stereocenters. The van der Waals surface area contributed by atoms with Crippen LogP contribution >= 0.6 is 0 Å². The standard InChI is InChI=1S/C16H24O3Si/c1-20(2,3)10-9-15(11-17)16(18)13-19-12-14-7-5-4-6-8-14/h4-8,15-18H,11-13H2,1-3H3/t15-,16+/m0/s1. The SMILES string of the molecule is C[Si](C)(C)C#C[C@@H](CO)[C@H](O)COCc1ccccc1. The third-order valence-electron chi connectivity index (χ3n) is 2.69. The van der Waals surface area contributed by atoms with Crippen molar-refractivity contribution >= 4 is 8.07 Å². The van der Waals surface area contributed by atoms with Crippen molar-refractivity contribution in [3.63, 3.8) is 0 Å². The lowest BCUT2D eigenvalue weighted by atomic mass is 10.1. The Hall–Kier alpha value is -1.12. The Balaban J connectivity index is 2.43. The normalized spacial score (nSPS) is 14.2. The first-order chi connectivity index (χ1) is 9.42. The molecule has 0 saturated carbocycles. The summed E-state index contributed by atoms with van der Waals surface area (Å²) in [7, 11) is -1.49. The fourth-order valence-corrected chi connectivity index (χ4v) is 2.18. The summed E-state index contributed by atoms with van der Waals surface area (Å²) < 4.78 is 5.48. The van der Waals surface area contributed by atoms with Gasteiger partial charge >= 0.3 is 0 Å². The second-order valence-corrected chi connectivity index (χ2v) is 10.6. The Morgan fingerprint density at radius 3 is 2.40 bits per heavy atom. The molecule has 0 aliphatic rings. The highest BCUT2D eigenvalue weighted by Gasteiger charge is 2.17. The lowest BCUT2D eigenvalue weighted by Gasteiger charge is -2.17. The average Bonchev–Trinajstić information content (AvgIpc) is 2.39. The van der Waals surface area contributed by atoms with Gasteiger partial charge in [-0.15, -0.1) is 11.5 Å². The van der Waals surface area contributed by atoms with E-state index in [0.717, 1.165) is 5.56 Å². The molecule has 1 aromatic carbocycles. The predicted molar refractivity (Wildman–Crippen MR) is 83.8 cm³/mol. The Morgan fingerprint density at radius 2 is 1.85 bits per heavy atom. The zero-order valence-electron chi connectivity index (χ0n) is 12.5. The fourth-order valence-electron chi connectivity index (χ4n) is 1.56. The van der Waals surface area contributed by atoms with Crippen LogP contribution in [0.25, 0.3) is 0 Å². The summed E-state index contributed by atoms with van der Waals surface area (Å²) in [6.45, 7) is 6.89. The molecule has 0 fully saturated rings. The van der Waals surface area contributed by atoms with Gasteiger partial charge in [0.05, 0.1) is 31.8 Å². The molecule has 0 aliphatic carbocycles. The van der Waals surface area contributed by atoms with Gasteiger partial charge in [-0.3, -0.25) is 0 Å². The van der Waals surface area contributed by atoms with Crippen LogP contribution in [-0.2, 0) is 11.3 Å². The van der Waals surface area contributed by atoms with Crippen molar-refractivity contribution in [3.8, 4) is 11.5 Å². The van der Waals surface area contributed by atoms with Crippen LogP contribution in [0.1, 0.15) is 5.56 Å². The minimum Gasteiger partial charge on any atom is -0.395 e. The van der Waals surface area contributed by atoms with E-state index in [1.54, 1.807) is 0 Å². The van der Waals surface area contributed by atoms with Crippen molar-refractivity contribution in [1.82, 2.24) is 0 Å². The maximum absolute atomic E-state index is 10.0. The van der Waals surface area contributed by atoms with Gasteiger partial charge in [0.25, 0.3) is 0 Å². The van der Waals surface area contributed by atoms with E-state index in [1.165, 1.54) is 0 Å². The van der Waals surface area contributed by atoms with E-state index in [0.29, 0.717) is 6.61 Å². The smallest absolute Gasteiger partial charge is 0.129 e. The Labute approximate surface area is 122 Å². The number of aliphatic hydroxyl groups excluding tert-OH is 2. The van der Waals surface area contributed by atoms with Gasteiger partial charge in [0.1, 0.15) is 8.07 Å². The topological polar surface area (TPSA) is 49.7 Å². The molecule has 2 N–H and O–H groups in total. The molecular formula is C16H24O3Si. The van der Waals surface area contributed by atoms with E-state index in [9.17, 15) is 10.2 Å². The lowest BCUT2D eigenvalue weighted by Crippen LogP contribution is -2.28. The van der Waals surface area contributed by atoms with Gasteiger partial charge in [-0.05, 0) is 5.56 Å². The number of aliphatic hydroxyl groups is 2. The molecule has 20 heavy (non-hydrogen) atoms. The minimum absolute atomic E-state index is 0.145. The Kier molecular flexibility index (Phi) is 6.96. The molecule has 0 aliphatic heterocycles. The maximum Gasteiger partial charge on any atom is 0.129 e. The van der Waals surface area contributed by atoms with Crippen LogP contribution in [0.5, 0.6) is 0 Å². The molecule has 0 aromatic heterocycles. The molecule has 0 heterocycles. The van der Waals surface area contributed by atoms with Gasteiger partial charge in [-0.1, -0.05) is 50.0 Å². The summed E-state index contributed by atoms with van der Waals surface area (Å²) >= 11 is 0. The molecule has 1 aromatic rings. The van der Waals surface area contributed by atoms with Gasteiger partial charge in [-0.2, -0.15) is 0 Å². The predicted octanol–water partition coefficient (Wildman–Crippen LogP) is 2.05. The largest absolute Gasteiger partial charge is 0.395 e. The van der Waals surface area contributed by atoms with Crippen molar-refractivity contribution in [2.24, 2.45) is 5.92 Å². The van der Waals surface area contributed by atoms with E-state index in [4.69, 9.17) is 4.74 Å². The van der Waals surface area contributed by atoms with E-state index < -0.39 is 20.1 Å². The summed E-state index contributed by atoms with van der Waals surface area (Å²) in [6, 6.07) is 9.80. The quantitative estimate of drug-likeness (QED) is 0.623. The first-order valence-corrected chi connectivity index (χ1v) is 10.4. The van der Waals surface area contributed by atoms with Crippen LogP contribution in [0.4, 0.5) is 0 Å². The molecule has 3 nitrogen and oxygen atoms in total. The van der Waals surface area contributed by atoms with Crippen LogP contribution in [0, 0.1) is 17.4 Å². The summed E-state index contributed by atoms with van der Waals surface area (Å²) in [5.74, 6) is 2.56. The number of ether oxygens (including phenoxy) is 1. The summed E-state index contributed by atoms with van der Waals surface area (Å²) in [4.78, 5) is 0. The molecule has 2 atom stereocenters. The third kappa shape index (κ3) is 6.87. The molecule has 0 spiro atoms. The highest BCUT2D eigenvalue weighted by Crippen LogP contribution is 2.07. The molecule has 0 saturated heterocycles. The Morgan fingerprint density at radius 1 is 1.20 bits per heavy atom. The maximum atomic E-state index is 10.0. The van der Waals surface area contributed by atoms with Crippen LogP contribution < -0.4 is 0 Å². The van der Waals surface area contributed by atoms with Gasteiger partial charge in [0, 0.05) is 0 Å². The zero-order valence-corrected chi connectivity index (χ0v) is 13.5. The highest BCUT2D eigenvalue weighted by atomic mass is 28.3. The summed E-state index contributed by atoms with van der Waals surface area (Å²) in [5, 5.41) is 19.3. The second-order valence-electron chi connectivity index (χ2n) is 5.88. The first kappa shape index (κ1) is 16.9. The van der Waals surface area contributed by atoms with E-state index in [2.05, 4.69) is 31.1 Å². The highest BCUT2D eigenvalue weighted by molar-refractivity contribution is 6.83. The molecule has 4 heteroatoms. The monoisotopic (exact) mass is 292 g/mol. The average molecular weight is 292 g/mol. The van der Waals surface area contributed by atoms with Crippen molar-refractivity contribution in [2.75, 3.05) is 13.2 Å². The molecular weight excluding hydrogens is 268 g/mol. The van der Waals surface area contributed by atoms with Gasteiger partial charge < -0.3 is 14.9 Å². The van der Waals surface area contributed by atoms with Crippen LogP contribution in [0.3, 0.4) is 0 Å². The van der Waals surface area contributed by atoms with E-state index in [-0.39, 0.29) is 13.2 Å². The fraction of sp³-hybridized carbons (Fsp3) is 0.500. The molecule has 0 radical (unpaired) electrons. The lowest BCUT2D eigenvalue weighted by molar-refractivity contribution is -0.00108. The summed E-state index contributed by atoms with van der Waals surface area (Å²) in [6.07, 6.45) is -0.757. The van der Waals surface area contributed by atoms with Crippen LogP contribution in [0.15, 0.2) is 30.3 Å². The van der Waals surface area contributed by atoms with Gasteiger partial charge in [-0.25, -0.2) is 0 Å². The molecule has 1 rings (SSSR count). The minimum atomic E-state index is -1.49. The number of benzene rings is 1. The molecule has 0 amide bonds. The van der Waals surface area contributed by atoms with Crippen molar-refractivity contribution < 1.29 is 14.9 Å².